The van der Waals surface area contributed by atoms with Crippen molar-refractivity contribution in [2.45, 2.75) is 12.8 Å². The zero-order chi connectivity index (χ0) is 13.0. The standard InChI is InChI=1S/C11H11ClN4O2/c1-18-10(17)5-2-7-6-8(12)3-4-9(7)11-13-15-16-14-11/h3-4,6H,2,5H2,1H3,(H,13,14,15,16). The van der Waals surface area contributed by atoms with E-state index >= 15 is 0 Å². The van der Waals surface area contributed by atoms with Crippen LogP contribution >= 0.6 is 11.6 Å². The summed E-state index contributed by atoms with van der Waals surface area (Å²) in [7, 11) is 1.36. The van der Waals surface area contributed by atoms with Crippen molar-refractivity contribution in [2.75, 3.05) is 7.11 Å². The van der Waals surface area contributed by atoms with Crippen molar-refractivity contribution >= 4 is 17.6 Å². The number of aromatic amines is 1. The number of benzene rings is 1. The Morgan fingerprint density at radius 3 is 3.00 bits per heavy atom. The molecule has 0 bridgehead atoms. The van der Waals surface area contributed by atoms with E-state index in [1.54, 1.807) is 18.2 Å². The summed E-state index contributed by atoms with van der Waals surface area (Å²) in [5.41, 5.74) is 1.69. The molecule has 0 saturated heterocycles. The van der Waals surface area contributed by atoms with Gasteiger partial charge in [0.05, 0.1) is 7.11 Å². The Labute approximate surface area is 108 Å². The minimum Gasteiger partial charge on any atom is -0.469 e. The van der Waals surface area contributed by atoms with E-state index in [1.807, 2.05) is 0 Å². The number of H-pyrrole nitrogens is 1. The van der Waals surface area contributed by atoms with Crippen molar-refractivity contribution < 1.29 is 9.53 Å². The molecule has 18 heavy (non-hydrogen) atoms. The molecule has 0 spiro atoms. The Bertz CT molecular complexity index is 542. The second-order valence-electron chi connectivity index (χ2n) is 3.61. The number of aryl methyl sites for hydroxylation is 1. The average Bonchev–Trinajstić information content (AvgIpc) is 2.89. The minimum atomic E-state index is -0.269. The number of aromatic nitrogens is 4. The van der Waals surface area contributed by atoms with Crippen molar-refractivity contribution in [1.29, 1.82) is 0 Å². The molecular formula is C11H11ClN4O2. The second kappa shape index (κ2) is 5.59. The van der Waals surface area contributed by atoms with Crippen molar-refractivity contribution in [3.63, 3.8) is 0 Å². The fraction of sp³-hybridized carbons (Fsp3) is 0.273. The van der Waals surface area contributed by atoms with Gasteiger partial charge in [0.1, 0.15) is 0 Å². The molecule has 0 amide bonds. The summed E-state index contributed by atoms with van der Waals surface area (Å²) in [6.45, 7) is 0. The normalized spacial score (nSPS) is 10.3. The van der Waals surface area contributed by atoms with Crippen LogP contribution in [0, 0.1) is 0 Å². The molecule has 0 aliphatic carbocycles. The van der Waals surface area contributed by atoms with Crippen molar-refractivity contribution in [3.8, 4) is 11.4 Å². The third kappa shape index (κ3) is 2.84. The van der Waals surface area contributed by atoms with Gasteiger partial charge in [0.2, 0.25) is 5.82 Å². The molecule has 2 aromatic rings. The lowest BCUT2D eigenvalue weighted by Crippen LogP contribution is -2.03. The molecule has 2 rings (SSSR count). The van der Waals surface area contributed by atoms with Crippen LogP contribution in [-0.2, 0) is 16.0 Å². The molecule has 6 nitrogen and oxygen atoms in total. The van der Waals surface area contributed by atoms with Crippen LogP contribution in [0.2, 0.25) is 5.02 Å². The van der Waals surface area contributed by atoms with Crippen LogP contribution in [0.5, 0.6) is 0 Å². The Hall–Kier alpha value is -1.95. The van der Waals surface area contributed by atoms with E-state index in [-0.39, 0.29) is 12.4 Å². The van der Waals surface area contributed by atoms with Crippen LogP contribution in [0.25, 0.3) is 11.4 Å². The lowest BCUT2D eigenvalue weighted by molar-refractivity contribution is -0.140. The summed E-state index contributed by atoms with van der Waals surface area (Å²) < 4.78 is 4.61. The van der Waals surface area contributed by atoms with Gasteiger partial charge in [-0.1, -0.05) is 11.6 Å². The van der Waals surface area contributed by atoms with Gasteiger partial charge in [-0.05, 0) is 35.4 Å². The zero-order valence-electron chi connectivity index (χ0n) is 9.68. The molecule has 0 aliphatic heterocycles. The van der Waals surface area contributed by atoms with Gasteiger partial charge >= 0.3 is 5.97 Å². The summed E-state index contributed by atoms with van der Waals surface area (Å²) >= 11 is 5.95. The number of esters is 1. The van der Waals surface area contributed by atoms with E-state index in [1.165, 1.54) is 7.11 Å². The highest BCUT2D eigenvalue weighted by Gasteiger charge is 2.11. The molecule has 0 atom stereocenters. The highest BCUT2D eigenvalue weighted by Crippen LogP contribution is 2.24. The van der Waals surface area contributed by atoms with Gasteiger partial charge in [0.15, 0.2) is 0 Å². The molecule has 1 N–H and O–H groups in total. The first kappa shape index (κ1) is 12.5. The van der Waals surface area contributed by atoms with E-state index in [4.69, 9.17) is 11.6 Å². The SMILES string of the molecule is COC(=O)CCc1cc(Cl)ccc1-c1nn[nH]n1. The maximum atomic E-state index is 11.2. The number of hydrogen-bond donors (Lipinski definition) is 1. The van der Waals surface area contributed by atoms with Crippen LogP contribution in [0.3, 0.4) is 0 Å². The van der Waals surface area contributed by atoms with E-state index in [0.717, 1.165) is 11.1 Å². The number of nitrogens with one attached hydrogen (secondary N) is 1. The summed E-state index contributed by atoms with van der Waals surface area (Å²) in [5.74, 6) is 0.209. The van der Waals surface area contributed by atoms with Gasteiger partial charge in [-0.2, -0.15) is 5.21 Å². The van der Waals surface area contributed by atoms with Gasteiger partial charge in [-0.15, -0.1) is 10.2 Å². The van der Waals surface area contributed by atoms with E-state index in [2.05, 4.69) is 25.4 Å². The summed E-state index contributed by atoms with van der Waals surface area (Å²) in [6, 6.07) is 5.34. The highest BCUT2D eigenvalue weighted by atomic mass is 35.5. The van der Waals surface area contributed by atoms with Crippen LogP contribution in [0.1, 0.15) is 12.0 Å². The first-order valence-corrected chi connectivity index (χ1v) is 5.67. The number of halogens is 1. The molecule has 1 aromatic carbocycles. The Kier molecular flexibility index (Phi) is 3.88. The number of tetrazole rings is 1. The maximum Gasteiger partial charge on any atom is 0.305 e. The topological polar surface area (TPSA) is 80.8 Å². The fourth-order valence-electron chi connectivity index (χ4n) is 1.60. The zero-order valence-corrected chi connectivity index (χ0v) is 10.4. The van der Waals surface area contributed by atoms with Crippen LogP contribution < -0.4 is 0 Å². The fourth-order valence-corrected chi connectivity index (χ4v) is 1.80. The number of rotatable bonds is 4. The predicted octanol–water partition coefficient (Wildman–Crippen LogP) is 1.63. The number of hydrogen-bond acceptors (Lipinski definition) is 5. The summed E-state index contributed by atoms with van der Waals surface area (Å²) in [5, 5.41) is 14.3. The number of carbonyl (C=O) groups is 1. The van der Waals surface area contributed by atoms with Crippen LogP contribution in [-0.4, -0.2) is 33.7 Å². The van der Waals surface area contributed by atoms with E-state index < -0.39 is 0 Å². The number of carbonyl (C=O) groups excluding carboxylic acids is 1. The molecule has 7 heteroatoms. The quantitative estimate of drug-likeness (QED) is 0.851. The average molecular weight is 267 g/mol. The summed E-state index contributed by atoms with van der Waals surface area (Å²) in [4.78, 5) is 11.2. The minimum absolute atomic E-state index is 0.269. The lowest BCUT2D eigenvalue weighted by Gasteiger charge is -2.06. The molecular weight excluding hydrogens is 256 g/mol. The number of methoxy groups -OCH3 is 1. The first-order valence-electron chi connectivity index (χ1n) is 5.30. The van der Waals surface area contributed by atoms with Crippen LogP contribution in [0.4, 0.5) is 0 Å². The summed E-state index contributed by atoms with van der Waals surface area (Å²) in [6.07, 6.45) is 0.790. The van der Waals surface area contributed by atoms with E-state index in [0.29, 0.717) is 17.3 Å². The molecule has 0 aliphatic rings. The second-order valence-corrected chi connectivity index (χ2v) is 4.05. The van der Waals surface area contributed by atoms with Gasteiger partial charge in [0.25, 0.3) is 0 Å². The van der Waals surface area contributed by atoms with Gasteiger partial charge in [-0.25, -0.2) is 0 Å². The van der Waals surface area contributed by atoms with Crippen LogP contribution in [0.15, 0.2) is 18.2 Å². The molecule has 1 aromatic heterocycles. The largest absolute Gasteiger partial charge is 0.469 e. The Morgan fingerprint density at radius 1 is 1.50 bits per heavy atom. The van der Waals surface area contributed by atoms with E-state index in [9.17, 15) is 4.79 Å². The molecule has 1 heterocycles. The first-order chi connectivity index (χ1) is 8.70. The van der Waals surface area contributed by atoms with Gasteiger partial charge < -0.3 is 4.74 Å². The molecule has 0 radical (unpaired) electrons. The monoisotopic (exact) mass is 266 g/mol. The van der Waals surface area contributed by atoms with Crippen molar-refractivity contribution in [3.05, 3.63) is 28.8 Å². The molecule has 0 saturated carbocycles. The number of nitrogens with zero attached hydrogens (tertiary/aromatic N) is 3. The predicted molar refractivity (Wildman–Crippen MR) is 65.0 cm³/mol. The van der Waals surface area contributed by atoms with Crippen molar-refractivity contribution in [2.24, 2.45) is 0 Å². The number of ether oxygens (including phenoxy) is 1. The Morgan fingerprint density at radius 2 is 2.33 bits per heavy atom. The van der Waals surface area contributed by atoms with Gasteiger partial charge in [0, 0.05) is 17.0 Å². The van der Waals surface area contributed by atoms with Gasteiger partial charge in [-0.3, -0.25) is 4.79 Å². The molecule has 0 unspecified atom stereocenters. The Balaban J connectivity index is 2.27. The molecule has 0 fully saturated rings. The molecule has 94 valence electrons. The maximum absolute atomic E-state index is 11.2. The third-order valence-corrected chi connectivity index (χ3v) is 2.71. The van der Waals surface area contributed by atoms with Crippen molar-refractivity contribution in [1.82, 2.24) is 20.6 Å². The lowest BCUT2D eigenvalue weighted by atomic mass is 10.0. The smallest absolute Gasteiger partial charge is 0.305 e. The highest BCUT2D eigenvalue weighted by molar-refractivity contribution is 6.30. The third-order valence-electron chi connectivity index (χ3n) is 2.48.